The first-order valence-corrected chi connectivity index (χ1v) is 10.9. The largest absolute Gasteiger partial charge is 0.493 e. The molecule has 28 heavy (non-hydrogen) atoms. The summed E-state index contributed by atoms with van der Waals surface area (Å²) in [6.07, 6.45) is 15.0. The van der Waals surface area contributed by atoms with Crippen LogP contribution in [0, 0.1) is 0 Å². The SMILES string of the molecule is CCCCCCCCCCCCNC(=S)N/N=C\c1cccc(OC)c1OC. The standard InChI is InChI=1S/C22H37N3O2S/c1-4-5-6-7-8-9-10-11-12-13-17-23-22(28)25-24-18-19-15-14-16-20(26-2)21(19)27-3/h14-16,18H,4-13,17H2,1-3H3,(H2,23,25,28)/b24-18-. The second kappa shape index (κ2) is 16.2. The molecule has 0 aliphatic carbocycles. The zero-order valence-corrected chi connectivity index (χ0v) is 18.6. The van der Waals surface area contributed by atoms with Crippen LogP contribution in [0.15, 0.2) is 23.3 Å². The van der Waals surface area contributed by atoms with Crippen molar-refractivity contribution in [2.45, 2.75) is 71.1 Å². The minimum Gasteiger partial charge on any atom is -0.493 e. The number of benzene rings is 1. The van der Waals surface area contributed by atoms with Gasteiger partial charge < -0.3 is 14.8 Å². The maximum absolute atomic E-state index is 5.38. The molecule has 2 N–H and O–H groups in total. The number of ether oxygens (including phenoxy) is 2. The summed E-state index contributed by atoms with van der Waals surface area (Å²) in [5.41, 5.74) is 3.67. The van der Waals surface area contributed by atoms with Crippen LogP contribution in [0.5, 0.6) is 11.5 Å². The number of hydrogen-bond acceptors (Lipinski definition) is 4. The van der Waals surface area contributed by atoms with Crippen molar-refractivity contribution >= 4 is 23.5 Å². The van der Waals surface area contributed by atoms with Gasteiger partial charge in [0.25, 0.3) is 0 Å². The van der Waals surface area contributed by atoms with Gasteiger partial charge in [-0.05, 0) is 30.8 Å². The van der Waals surface area contributed by atoms with Gasteiger partial charge in [-0.3, -0.25) is 5.43 Å². The van der Waals surface area contributed by atoms with Crippen molar-refractivity contribution in [2.75, 3.05) is 20.8 Å². The van der Waals surface area contributed by atoms with Gasteiger partial charge in [0.1, 0.15) is 0 Å². The molecule has 6 heteroatoms. The first-order chi connectivity index (χ1) is 13.7. The number of nitrogens with zero attached hydrogens (tertiary/aromatic N) is 1. The summed E-state index contributed by atoms with van der Waals surface area (Å²) in [5.74, 6) is 1.33. The van der Waals surface area contributed by atoms with E-state index in [4.69, 9.17) is 21.7 Å². The Labute approximate surface area is 176 Å². The number of unbranched alkanes of at least 4 members (excludes halogenated alkanes) is 9. The fourth-order valence-corrected chi connectivity index (χ4v) is 3.18. The molecule has 0 saturated carbocycles. The highest BCUT2D eigenvalue weighted by atomic mass is 32.1. The minimum absolute atomic E-state index is 0.536. The fraction of sp³-hybridized carbons (Fsp3) is 0.636. The highest BCUT2D eigenvalue weighted by Crippen LogP contribution is 2.29. The molecule has 0 aliphatic rings. The molecular weight excluding hydrogens is 370 g/mol. The highest BCUT2D eigenvalue weighted by Gasteiger charge is 2.07. The molecule has 0 heterocycles. The highest BCUT2D eigenvalue weighted by molar-refractivity contribution is 7.80. The molecule has 0 spiro atoms. The van der Waals surface area contributed by atoms with E-state index in [9.17, 15) is 0 Å². The third-order valence-electron chi connectivity index (χ3n) is 4.62. The van der Waals surface area contributed by atoms with Gasteiger partial charge in [-0.1, -0.05) is 70.8 Å². The lowest BCUT2D eigenvalue weighted by atomic mass is 10.1. The Kier molecular flexibility index (Phi) is 14.0. The number of hydrazone groups is 1. The van der Waals surface area contributed by atoms with Crippen molar-refractivity contribution in [3.63, 3.8) is 0 Å². The van der Waals surface area contributed by atoms with Gasteiger partial charge >= 0.3 is 0 Å². The topological polar surface area (TPSA) is 54.9 Å². The fourth-order valence-electron chi connectivity index (χ4n) is 3.03. The molecule has 158 valence electrons. The molecule has 1 aromatic carbocycles. The molecule has 5 nitrogen and oxygen atoms in total. The van der Waals surface area contributed by atoms with E-state index in [0.29, 0.717) is 16.6 Å². The summed E-state index contributed by atoms with van der Waals surface area (Å²) in [4.78, 5) is 0. The summed E-state index contributed by atoms with van der Waals surface area (Å²) < 4.78 is 10.7. The van der Waals surface area contributed by atoms with Crippen LogP contribution < -0.4 is 20.2 Å². The number of thiocarbonyl (C=S) groups is 1. The van der Waals surface area contributed by atoms with Gasteiger partial charge in [-0.25, -0.2) is 0 Å². The lowest BCUT2D eigenvalue weighted by Gasteiger charge is -2.10. The van der Waals surface area contributed by atoms with E-state index in [1.165, 1.54) is 57.8 Å². The quantitative estimate of drug-likeness (QED) is 0.176. The zero-order valence-electron chi connectivity index (χ0n) is 17.8. The van der Waals surface area contributed by atoms with Gasteiger partial charge in [0.15, 0.2) is 16.6 Å². The molecule has 0 aliphatic heterocycles. The maximum Gasteiger partial charge on any atom is 0.186 e. The van der Waals surface area contributed by atoms with E-state index in [1.807, 2.05) is 18.2 Å². The summed E-state index contributed by atoms with van der Waals surface area (Å²) in [6, 6.07) is 5.65. The minimum atomic E-state index is 0.536. The number of hydrogen-bond donors (Lipinski definition) is 2. The van der Waals surface area contributed by atoms with E-state index in [1.54, 1.807) is 20.4 Å². The average Bonchev–Trinajstić information content (AvgIpc) is 2.71. The van der Waals surface area contributed by atoms with Crippen LogP contribution in [0.1, 0.15) is 76.7 Å². The van der Waals surface area contributed by atoms with Crippen LogP contribution in [-0.2, 0) is 0 Å². The second-order valence-electron chi connectivity index (χ2n) is 6.89. The van der Waals surface area contributed by atoms with Gasteiger partial charge in [0.2, 0.25) is 0 Å². The molecule has 0 aromatic heterocycles. The van der Waals surface area contributed by atoms with Crippen molar-refractivity contribution in [2.24, 2.45) is 5.10 Å². The van der Waals surface area contributed by atoms with Crippen molar-refractivity contribution in [1.29, 1.82) is 0 Å². The Bertz CT molecular complexity index is 579. The molecule has 1 rings (SSSR count). The molecule has 0 amide bonds. The van der Waals surface area contributed by atoms with Crippen LogP contribution in [0.4, 0.5) is 0 Å². The van der Waals surface area contributed by atoms with Crippen LogP contribution in [0.2, 0.25) is 0 Å². The van der Waals surface area contributed by atoms with Crippen molar-refractivity contribution in [1.82, 2.24) is 10.7 Å². The van der Waals surface area contributed by atoms with Crippen molar-refractivity contribution in [3.05, 3.63) is 23.8 Å². The Morgan fingerprint density at radius 3 is 2.21 bits per heavy atom. The van der Waals surface area contributed by atoms with Gasteiger partial charge in [0.05, 0.1) is 20.4 Å². The van der Waals surface area contributed by atoms with Crippen LogP contribution in [0.25, 0.3) is 0 Å². The molecule has 0 bridgehead atoms. The van der Waals surface area contributed by atoms with E-state index in [2.05, 4.69) is 22.8 Å². The zero-order chi connectivity index (χ0) is 20.5. The predicted octanol–water partition coefficient (Wildman–Crippen LogP) is 5.42. The number of nitrogens with one attached hydrogen (secondary N) is 2. The monoisotopic (exact) mass is 407 g/mol. The summed E-state index contributed by atoms with van der Waals surface area (Å²) in [7, 11) is 3.23. The summed E-state index contributed by atoms with van der Waals surface area (Å²) in [5, 5.41) is 7.91. The number of para-hydroxylation sites is 1. The van der Waals surface area contributed by atoms with Gasteiger partial charge in [0, 0.05) is 12.1 Å². The average molecular weight is 408 g/mol. The van der Waals surface area contributed by atoms with Crippen LogP contribution in [-0.4, -0.2) is 32.1 Å². The van der Waals surface area contributed by atoms with Crippen LogP contribution in [0.3, 0.4) is 0 Å². The predicted molar refractivity (Wildman–Crippen MR) is 123 cm³/mol. The van der Waals surface area contributed by atoms with E-state index < -0.39 is 0 Å². The molecule has 0 fully saturated rings. The third kappa shape index (κ3) is 10.5. The Balaban J connectivity index is 2.11. The lowest BCUT2D eigenvalue weighted by molar-refractivity contribution is 0.354. The van der Waals surface area contributed by atoms with Gasteiger partial charge in [-0.15, -0.1) is 0 Å². The molecular formula is C22H37N3O2S. The van der Waals surface area contributed by atoms with Crippen LogP contribution >= 0.6 is 12.2 Å². The van der Waals surface area contributed by atoms with Crippen molar-refractivity contribution in [3.8, 4) is 11.5 Å². The molecule has 0 radical (unpaired) electrons. The smallest absolute Gasteiger partial charge is 0.186 e. The number of rotatable bonds is 15. The Morgan fingerprint density at radius 1 is 0.964 bits per heavy atom. The first-order valence-electron chi connectivity index (χ1n) is 10.5. The molecule has 0 atom stereocenters. The molecule has 0 unspecified atom stereocenters. The summed E-state index contributed by atoms with van der Waals surface area (Å²) >= 11 is 5.26. The normalized spacial score (nSPS) is 10.8. The molecule has 1 aromatic rings. The van der Waals surface area contributed by atoms with Gasteiger partial charge in [-0.2, -0.15) is 5.10 Å². The lowest BCUT2D eigenvalue weighted by Crippen LogP contribution is -2.32. The third-order valence-corrected chi connectivity index (χ3v) is 4.85. The van der Waals surface area contributed by atoms with E-state index in [-0.39, 0.29) is 0 Å². The Hall–Kier alpha value is -1.82. The second-order valence-corrected chi connectivity index (χ2v) is 7.30. The summed E-state index contributed by atoms with van der Waals surface area (Å²) in [6.45, 7) is 3.14. The first kappa shape index (κ1) is 24.2. The van der Waals surface area contributed by atoms with E-state index >= 15 is 0 Å². The van der Waals surface area contributed by atoms with Crippen molar-refractivity contribution < 1.29 is 9.47 Å². The van der Waals surface area contributed by atoms with E-state index in [0.717, 1.165) is 18.5 Å². The number of methoxy groups -OCH3 is 2. The molecule has 0 saturated heterocycles. The Morgan fingerprint density at radius 2 is 1.61 bits per heavy atom. The maximum atomic E-state index is 5.38.